The molecule has 0 unspecified atom stereocenters. The maximum Gasteiger partial charge on any atom is 0.324 e. The topological polar surface area (TPSA) is 60.9 Å². The van der Waals surface area contributed by atoms with E-state index in [9.17, 15) is 9.59 Å². The predicted molar refractivity (Wildman–Crippen MR) is 65.2 cm³/mol. The second kappa shape index (κ2) is 5.34. The van der Waals surface area contributed by atoms with Crippen molar-refractivity contribution in [1.82, 2.24) is 4.90 Å². The van der Waals surface area contributed by atoms with E-state index in [4.69, 9.17) is 5.11 Å². The molecule has 5 nitrogen and oxygen atoms in total. The second-order valence-corrected chi connectivity index (χ2v) is 3.93. The molecule has 0 spiro atoms. The van der Waals surface area contributed by atoms with Crippen molar-refractivity contribution >= 4 is 17.7 Å². The summed E-state index contributed by atoms with van der Waals surface area (Å²) in [5.41, 5.74) is 1.79. The number of carbonyl (C=O) groups excluding carboxylic acids is 1. The molecule has 1 rings (SSSR count). The van der Waals surface area contributed by atoms with Gasteiger partial charge in [-0.2, -0.15) is 0 Å². The fraction of sp³-hybridized carbons (Fsp3) is 0.333. The second-order valence-electron chi connectivity index (χ2n) is 3.93. The predicted octanol–water partition coefficient (Wildman–Crippen LogP) is 1.57. The van der Waals surface area contributed by atoms with Crippen molar-refractivity contribution in [2.45, 2.75) is 6.92 Å². The van der Waals surface area contributed by atoms with Crippen molar-refractivity contribution in [3.8, 4) is 0 Å². The third kappa shape index (κ3) is 3.48. The number of hydrogen-bond donors (Lipinski definition) is 1. The number of rotatable bonds is 3. The van der Waals surface area contributed by atoms with Gasteiger partial charge >= 0.3 is 12.0 Å². The molecule has 2 amide bonds. The third-order valence-electron chi connectivity index (χ3n) is 2.37. The van der Waals surface area contributed by atoms with Crippen LogP contribution in [0.3, 0.4) is 0 Å². The zero-order chi connectivity index (χ0) is 13.0. The highest BCUT2D eigenvalue weighted by Crippen LogP contribution is 2.15. The Hall–Kier alpha value is -2.04. The quantitative estimate of drug-likeness (QED) is 0.866. The molecule has 17 heavy (non-hydrogen) atoms. The van der Waals surface area contributed by atoms with E-state index in [-0.39, 0.29) is 12.6 Å². The lowest BCUT2D eigenvalue weighted by atomic mass is 10.2. The number of nitrogens with zero attached hydrogens (tertiary/aromatic N) is 2. The van der Waals surface area contributed by atoms with E-state index < -0.39 is 5.97 Å². The first-order valence-electron chi connectivity index (χ1n) is 5.19. The van der Waals surface area contributed by atoms with Crippen LogP contribution in [0.5, 0.6) is 0 Å². The number of amides is 2. The first kappa shape index (κ1) is 13.0. The lowest BCUT2D eigenvalue weighted by Gasteiger charge is -2.23. The molecule has 0 bridgehead atoms. The van der Waals surface area contributed by atoms with Gasteiger partial charge in [0.2, 0.25) is 0 Å². The van der Waals surface area contributed by atoms with Crippen LogP contribution in [0.15, 0.2) is 24.3 Å². The average Bonchev–Trinajstić information content (AvgIpc) is 2.26. The van der Waals surface area contributed by atoms with Gasteiger partial charge in [0.25, 0.3) is 0 Å². The van der Waals surface area contributed by atoms with Gasteiger partial charge in [0.15, 0.2) is 0 Å². The summed E-state index contributed by atoms with van der Waals surface area (Å²) in [5.74, 6) is -1.03. The van der Waals surface area contributed by atoms with Crippen LogP contribution in [0.2, 0.25) is 0 Å². The Bertz CT molecular complexity index is 432. The fourth-order valence-electron chi connectivity index (χ4n) is 1.47. The smallest absolute Gasteiger partial charge is 0.324 e. The number of anilines is 1. The number of carbonyl (C=O) groups is 2. The highest BCUT2D eigenvalue weighted by Gasteiger charge is 2.17. The number of benzene rings is 1. The monoisotopic (exact) mass is 236 g/mol. The summed E-state index contributed by atoms with van der Waals surface area (Å²) >= 11 is 0. The van der Waals surface area contributed by atoms with Crippen LogP contribution < -0.4 is 4.90 Å². The lowest BCUT2D eigenvalue weighted by Crippen LogP contribution is -2.41. The largest absolute Gasteiger partial charge is 0.480 e. The van der Waals surface area contributed by atoms with E-state index in [0.29, 0.717) is 0 Å². The van der Waals surface area contributed by atoms with Crippen molar-refractivity contribution in [3.05, 3.63) is 29.8 Å². The molecule has 0 aromatic heterocycles. The van der Waals surface area contributed by atoms with Crippen LogP contribution in [0.4, 0.5) is 10.5 Å². The molecule has 0 aliphatic rings. The molecule has 1 aromatic rings. The average molecular weight is 236 g/mol. The van der Waals surface area contributed by atoms with E-state index >= 15 is 0 Å². The fourth-order valence-corrected chi connectivity index (χ4v) is 1.47. The highest BCUT2D eigenvalue weighted by molar-refractivity contribution is 5.93. The van der Waals surface area contributed by atoms with Gasteiger partial charge in [0, 0.05) is 19.8 Å². The van der Waals surface area contributed by atoms with E-state index in [1.54, 1.807) is 13.1 Å². The molecule has 0 aliphatic carbocycles. The zero-order valence-electron chi connectivity index (χ0n) is 10.2. The minimum absolute atomic E-state index is 0.311. The van der Waals surface area contributed by atoms with E-state index in [1.807, 2.05) is 25.1 Å². The molecular formula is C12H16N2O3. The van der Waals surface area contributed by atoms with Crippen LogP contribution in [-0.4, -0.2) is 42.6 Å². The number of aryl methyl sites for hydroxylation is 1. The summed E-state index contributed by atoms with van der Waals surface area (Å²) in [6, 6.07) is 7.11. The molecule has 1 aromatic carbocycles. The van der Waals surface area contributed by atoms with Gasteiger partial charge in [-0.15, -0.1) is 0 Å². The number of aliphatic carboxylic acids is 1. The summed E-state index contributed by atoms with van der Waals surface area (Å²) in [4.78, 5) is 25.0. The van der Waals surface area contributed by atoms with Gasteiger partial charge in [0.05, 0.1) is 0 Å². The van der Waals surface area contributed by atoms with Gasteiger partial charge in [-0.1, -0.05) is 12.1 Å². The Labute approximate surface area is 100 Å². The molecule has 0 saturated carbocycles. The van der Waals surface area contributed by atoms with Crippen molar-refractivity contribution in [2.24, 2.45) is 0 Å². The molecular weight excluding hydrogens is 220 g/mol. The van der Waals surface area contributed by atoms with Gasteiger partial charge < -0.3 is 10.0 Å². The minimum Gasteiger partial charge on any atom is -0.480 e. The Morgan fingerprint density at radius 2 is 1.94 bits per heavy atom. The van der Waals surface area contributed by atoms with Crippen molar-refractivity contribution < 1.29 is 14.7 Å². The molecule has 0 fully saturated rings. The lowest BCUT2D eigenvalue weighted by molar-refractivity contribution is -0.137. The molecule has 0 heterocycles. The summed E-state index contributed by atoms with van der Waals surface area (Å²) in [6.07, 6.45) is 0. The van der Waals surface area contributed by atoms with Crippen molar-refractivity contribution in [2.75, 3.05) is 25.5 Å². The Morgan fingerprint density at radius 1 is 1.29 bits per heavy atom. The number of carboxylic acid groups (broad SMARTS) is 1. The number of carboxylic acids is 1. The molecule has 92 valence electrons. The Balaban J connectivity index is 2.79. The van der Waals surface area contributed by atoms with Crippen LogP contribution in [0, 0.1) is 6.92 Å². The van der Waals surface area contributed by atoms with Crippen molar-refractivity contribution in [3.63, 3.8) is 0 Å². The number of urea groups is 1. The molecule has 1 N–H and O–H groups in total. The normalized spacial score (nSPS) is 9.82. The summed E-state index contributed by atoms with van der Waals surface area (Å²) in [5, 5.41) is 8.62. The van der Waals surface area contributed by atoms with Crippen LogP contribution in [-0.2, 0) is 4.79 Å². The van der Waals surface area contributed by atoms with E-state index in [2.05, 4.69) is 0 Å². The van der Waals surface area contributed by atoms with Crippen molar-refractivity contribution in [1.29, 1.82) is 0 Å². The van der Waals surface area contributed by atoms with E-state index in [1.165, 1.54) is 11.9 Å². The van der Waals surface area contributed by atoms with Crippen LogP contribution in [0.1, 0.15) is 5.56 Å². The summed E-state index contributed by atoms with van der Waals surface area (Å²) < 4.78 is 0. The van der Waals surface area contributed by atoms with Gasteiger partial charge in [-0.25, -0.2) is 4.79 Å². The first-order valence-corrected chi connectivity index (χ1v) is 5.19. The molecule has 0 atom stereocenters. The highest BCUT2D eigenvalue weighted by atomic mass is 16.4. The molecule has 5 heteroatoms. The number of likely N-dealkylation sites (N-methyl/N-ethyl adjacent to an activating group) is 1. The minimum atomic E-state index is -1.03. The number of hydrogen-bond acceptors (Lipinski definition) is 2. The van der Waals surface area contributed by atoms with Crippen LogP contribution in [0.25, 0.3) is 0 Å². The standard InChI is InChI=1S/C12H16N2O3/c1-9-5-4-6-10(7-9)14(3)12(17)13(2)8-11(15)16/h4-7H,8H2,1-3H3,(H,15,16). The zero-order valence-corrected chi connectivity index (χ0v) is 10.2. The summed E-state index contributed by atoms with van der Waals surface area (Å²) in [7, 11) is 3.08. The van der Waals surface area contributed by atoms with Gasteiger partial charge in [-0.05, 0) is 24.6 Å². The van der Waals surface area contributed by atoms with E-state index in [0.717, 1.165) is 16.2 Å². The maximum atomic E-state index is 11.9. The first-order chi connectivity index (χ1) is 7.91. The summed E-state index contributed by atoms with van der Waals surface area (Å²) in [6.45, 7) is 1.62. The SMILES string of the molecule is Cc1cccc(N(C)C(=O)N(C)CC(=O)O)c1. The molecule has 0 radical (unpaired) electrons. The Morgan fingerprint density at radius 3 is 2.47 bits per heavy atom. The third-order valence-corrected chi connectivity index (χ3v) is 2.37. The van der Waals surface area contributed by atoms with Gasteiger partial charge in [0.1, 0.15) is 6.54 Å². The molecule has 0 saturated heterocycles. The Kier molecular flexibility index (Phi) is 4.09. The molecule has 0 aliphatic heterocycles. The van der Waals surface area contributed by atoms with Gasteiger partial charge in [-0.3, -0.25) is 9.69 Å². The maximum absolute atomic E-state index is 11.9. The van der Waals surface area contributed by atoms with Crippen LogP contribution >= 0.6 is 0 Å².